The van der Waals surface area contributed by atoms with E-state index < -0.39 is 0 Å². The second kappa shape index (κ2) is 8.91. The highest BCUT2D eigenvalue weighted by molar-refractivity contribution is 5.82. The smallest absolute Gasteiger partial charge is 0.331 e. The number of rotatable bonds is 5. The molecule has 2 aliphatic rings. The molecule has 3 atom stereocenters. The van der Waals surface area contributed by atoms with Gasteiger partial charge in [0.25, 0.3) is 0 Å². The first-order chi connectivity index (χ1) is 13.0. The number of allylic oxidation sites excluding steroid dienone is 3. The first-order valence-corrected chi connectivity index (χ1v) is 10.6. The molecule has 1 aromatic rings. The summed E-state index contributed by atoms with van der Waals surface area (Å²) in [6.07, 6.45) is 13.8. The van der Waals surface area contributed by atoms with Crippen LogP contribution < -0.4 is 0 Å². The minimum absolute atomic E-state index is 0.0119. The van der Waals surface area contributed by atoms with Gasteiger partial charge in [-0.05, 0) is 55.4 Å². The van der Waals surface area contributed by atoms with Gasteiger partial charge in [0, 0.05) is 12.0 Å². The maximum absolute atomic E-state index is 12.5. The minimum Gasteiger partial charge on any atom is -0.459 e. The molecule has 0 spiro atoms. The Labute approximate surface area is 164 Å². The number of hydrogen-bond donors (Lipinski definition) is 0. The summed E-state index contributed by atoms with van der Waals surface area (Å²) >= 11 is 0. The maximum atomic E-state index is 12.5. The van der Waals surface area contributed by atoms with Gasteiger partial charge in [0.05, 0.1) is 0 Å². The van der Waals surface area contributed by atoms with Crippen LogP contribution in [0.2, 0.25) is 0 Å². The lowest BCUT2D eigenvalue weighted by atomic mass is 9.64. The largest absolute Gasteiger partial charge is 0.459 e. The average molecular weight is 367 g/mol. The average Bonchev–Trinajstić information content (AvgIpc) is 2.68. The lowest BCUT2D eigenvalue weighted by Gasteiger charge is -2.43. The molecule has 146 valence electrons. The van der Waals surface area contributed by atoms with E-state index in [1.807, 2.05) is 6.08 Å². The van der Waals surface area contributed by atoms with Crippen LogP contribution in [0.5, 0.6) is 0 Å². The van der Waals surface area contributed by atoms with Crippen LogP contribution in [0.3, 0.4) is 0 Å². The van der Waals surface area contributed by atoms with Crippen LogP contribution in [0.4, 0.5) is 0 Å². The number of hydrogen-bond acceptors (Lipinski definition) is 2. The van der Waals surface area contributed by atoms with Gasteiger partial charge in [-0.3, -0.25) is 0 Å². The molecule has 1 fully saturated rings. The van der Waals surface area contributed by atoms with E-state index in [0.29, 0.717) is 11.8 Å². The SMILES string of the molecule is C[C@@H]1CC[C@@H](C(C)(C)c2ccccc2)[C@H](OC(=O)/C=C/C2=CCCCC2)C1. The van der Waals surface area contributed by atoms with Crippen LogP contribution in [0.1, 0.15) is 71.3 Å². The molecule has 0 aromatic heterocycles. The fraction of sp³-hybridized carbons (Fsp3) is 0.560. The van der Waals surface area contributed by atoms with Crippen molar-refractivity contribution in [3.8, 4) is 0 Å². The first kappa shape index (κ1) is 19.9. The molecule has 3 rings (SSSR count). The predicted molar refractivity (Wildman–Crippen MR) is 112 cm³/mol. The van der Waals surface area contributed by atoms with Crippen molar-refractivity contribution < 1.29 is 9.53 Å². The molecule has 0 bridgehead atoms. The monoisotopic (exact) mass is 366 g/mol. The van der Waals surface area contributed by atoms with E-state index in [4.69, 9.17) is 4.74 Å². The molecule has 0 saturated heterocycles. The quantitative estimate of drug-likeness (QED) is 0.447. The zero-order valence-corrected chi connectivity index (χ0v) is 17.1. The molecule has 1 aromatic carbocycles. The highest BCUT2D eigenvalue weighted by Crippen LogP contribution is 2.43. The summed E-state index contributed by atoms with van der Waals surface area (Å²) in [6, 6.07) is 10.7. The normalized spacial score (nSPS) is 26.6. The van der Waals surface area contributed by atoms with Gasteiger partial charge >= 0.3 is 5.97 Å². The lowest BCUT2D eigenvalue weighted by molar-refractivity contribution is -0.150. The van der Waals surface area contributed by atoms with E-state index >= 15 is 0 Å². The second-order valence-corrected chi connectivity index (χ2v) is 8.95. The van der Waals surface area contributed by atoms with E-state index in [-0.39, 0.29) is 17.5 Å². The topological polar surface area (TPSA) is 26.3 Å². The zero-order valence-electron chi connectivity index (χ0n) is 17.1. The molecule has 0 radical (unpaired) electrons. The number of ether oxygens (including phenoxy) is 1. The fourth-order valence-electron chi connectivity index (χ4n) is 4.74. The van der Waals surface area contributed by atoms with E-state index in [1.165, 1.54) is 30.4 Å². The molecule has 0 amide bonds. The molecule has 2 nitrogen and oxygen atoms in total. The Bertz CT molecular complexity index is 684. The molecule has 0 N–H and O–H groups in total. The van der Waals surface area contributed by atoms with Gasteiger partial charge in [-0.2, -0.15) is 0 Å². The third kappa shape index (κ3) is 5.12. The highest BCUT2D eigenvalue weighted by atomic mass is 16.5. The van der Waals surface area contributed by atoms with Gasteiger partial charge in [-0.1, -0.05) is 75.2 Å². The van der Waals surface area contributed by atoms with E-state index in [0.717, 1.165) is 25.7 Å². The molecular weight excluding hydrogens is 332 g/mol. The summed E-state index contributed by atoms with van der Waals surface area (Å²) in [5, 5.41) is 0. The van der Waals surface area contributed by atoms with E-state index in [1.54, 1.807) is 6.08 Å². The summed E-state index contributed by atoms with van der Waals surface area (Å²) in [6.45, 7) is 6.87. The van der Waals surface area contributed by atoms with Crippen LogP contribution in [0.25, 0.3) is 0 Å². The van der Waals surface area contributed by atoms with Crippen molar-refractivity contribution in [3.63, 3.8) is 0 Å². The summed E-state index contributed by atoms with van der Waals surface area (Å²) < 4.78 is 6.02. The van der Waals surface area contributed by atoms with Crippen molar-refractivity contribution in [1.29, 1.82) is 0 Å². The zero-order chi connectivity index (χ0) is 19.3. The van der Waals surface area contributed by atoms with E-state index in [9.17, 15) is 4.79 Å². The summed E-state index contributed by atoms with van der Waals surface area (Å²) in [5.74, 6) is 0.771. The van der Waals surface area contributed by atoms with Crippen molar-refractivity contribution in [2.24, 2.45) is 11.8 Å². The molecular formula is C25H34O2. The number of carbonyl (C=O) groups excluding carboxylic acids is 1. The summed E-state index contributed by atoms with van der Waals surface area (Å²) in [5.41, 5.74) is 2.59. The Morgan fingerprint density at radius 3 is 2.63 bits per heavy atom. The third-order valence-corrected chi connectivity index (χ3v) is 6.53. The van der Waals surface area contributed by atoms with Crippen LogP contribution in [0.15, 0.2) is 54.1 Å². The molecule has 2 heteroatoms. The van der Waals surface area contributed by atoms with Crippen molar-refractivity contribution in [2.45, 2.75) is 77.2 Å². The van der Waals surface area contributed by atoms with Gasteiger partial charge in [0.1, 0.15) is 6.10 Å². The fourth-order valence-corrected chi connectivity index (χ4v) is 4.74. The van der Waals surface area contributed by atoms with Gasteiger partial charge in [-0.25, -0.2) is 4.79 Å². The molecule has 27 heavy (non-hydrogen) atoms. The molecule has 0 unspecified atom stereocenters. The number of benzene rings is 1. The van der Waals surface area contributed by atoms with Crippen LogP contribution in [-0.2, 0) is 14.9 Å². The number of esters is 1. The third-order valence-electron chi connectivity index (χ3n) is 6.53. The van der Waals surface area contributed by atoms with E-state index in [2.05, 4.69) is 57.2 Å². The van der Waals surface area contributed by atoms with Crippen LogP contribution >= 0.6 is 0 Å². The Balaban J connectivity index is 1.71. The highest BCUT2D eigenvalue weighted by Gasteiger charge is 2.41. The Hall–Kier alpha value is -1.83. The van der Waals surface area contributed by atoms with Crippen molar-refractivity contribution >= 4 is 5.97 Å². The Kier molecular flexibility index (Phi) is 6.57. The molecule has 2 aliphatic carbocycles. The van der Waals surface area contributed by atoms with Gasteiger partial charge < -0.3 is 4.74 Å². The summed E-state index contributed by atoms with van der Waals surface area (Å²) in [7, 11) is 0. The number of carbonyl (C=O) groups is 1. The second-order valence-electron chi connectivity index (χ2n) is 8.95. The standard InChI is InChI=1S/C25H34O2/c1-19-14-16-22(25(2,3)21-12-8-5-9-13-21)23(18-19)27-24(26)17-15-20-10-6-4-7-11-20/h5,8-10,12-13,15,17,19,22-23H,4,6-7,11,14,16,18H2,1-3H3/b17-15+/t19-,22-,23-/m1/s1. The Morgan fingerprint density at radius 2 is 1.93 bits per heavy atom. The maximum Gasteiger partial charge on any atom is 0.331 e. The van der Waals surface area contributed by atoms with Gasteiger partial charge in [0.2, 0.25) is 0 Å². The van der Waals surface area contributed by atoms with Crippen molar-refractivity contribution in [3.05, 3.63) is 59.7 Å². The van der Waals surface area contributed by atoms with Crippen LogP contribution in [0, 0.1) is 11.8 Å². The molecule has 0 aliphatic heterocycles. The van der Waals surface area contributed by atoms with Gasteiger partial charge in [-0.15, -0.1) is 0 Å². The molecule has 0 heterocycles. The minimum atomic E-state index is -0.186. The Morgan fingerprint density at radius 1 is 1.15 bits per heavy atom. The van der Waals surface area contributed by atoms with Crippen LogP contribution in [-0.4, -0.2) is 12.1 Å². The van der Waals surface area contributed by atoms with Crippen molar-refractivity contribution in [2.75, 3.05) is 0 Å². The predicted octanol–water partition coefficient (Wildman–Crippen LogP) is 6.37. The molecule has 1 saturated carbocycles. The first-order valence-electron chi connectivity index (χ1n) is 10.6. The lowest BCUT2D eigenvalue weighted by Crippen LogP contribution is -2.43. The van der Waals surface area contributed by atoms with Crippen molar-refractivity contribution in [1.82, 2.24) is 0 Å². The summed E-state index contributed by atoms with van der Waals surface area (Å²) in [4.78, 5) is 12.5. The van der Waals surface area contributed by atoms with Gasteiger partial charge in [0.15, 0.2) is 0 Å².